The van der Waals surface area contributed by atoms with Crippen LogP contribution < -0.4 is 15.5 Å². The number of pyridine rings is 1. The third-order valence-corrected chi connectivity index (χ3v) is 5.27. The van der Waals surface area contributed by atoms with E-state index in [2.05, 4.69) is 15.6 Å². The van der Waals surface area contributed by atoms with E-state index in [1.54, 1.807) is 30.3 Å². The molecular formula is C19H17ClN4O3. The minimum absolute atomic E-state index is 0.201. The van der Waals surface area contributed by atoms with Crippen LogP contribution >= 0.6 is 11.6 Å². The number of nitrogens with zero attached hydrogens (tertiary/aromatic N) is 2. The molecular weight excluding hydrogens is 368 g/mol. The molecule has 4 amide bonds. The number of urea groups is 1. The second-order valence-electron chi connectivity index (χ2n) is 6.70. The van der Waals surface area contributed by atoms with Crippen LogP contribution in [0.25, 0.3) is 0 Å². The number of hydrogen-bond donors (Lipinski definition) is 2. The van der Waals surface area contributed by atoms with Crippen LogP contribution in [0, 0.1) is 0 Å². The van der Waals surface area contributed by atoms with Gasteiger partial charge in [-0.05, 0) is 43.2 Å². The topological polar surface area (TPSA) is 91.4 Å². The van der Waals surface area contributed by atoms with Crippen molar-refractivity contribution in [1.29, 1.82) is 0 Å². The molecule has 138 valence electrons. The molecule has 1 saturated carbocycles. The zero-order valence-electron chi connectivity index (χ0n) is 14.4. The summed E-state index contributed by atoms with van der Waals surface area (Å²) in [5.74, 6) is -0.642. The molecule has 0 atom stereocenters. The molecule has 2 heterocycles. The second-order valence-corrected chi connectivity index (χ2v) is 7.10. The molecule has 27 heavy (non-hydrogen) atoms. The predicted octanol–water partition coefficient (Wildman–Crippen LogP) is 3.36. The van der Waals surface area contributed by atoms with Gasteiger partial charge in [0.05, 0.1) is 10.7 Å². The van der Waals surface area contributed by atoms with Crippen LogP contribution in [0.2, 0.25) is 5.02 Å². The Balaban J connectivity index is 1.56. The number of benzene rings is 1. The van der Waals surface area contributed by atoms with E-state index in [1.165, 1.54) is 12.3 Å². The molecule has 0 radical (unpaired) electrons. The molecule has 1 saturated heterocycles. The fraction of sp³-hybridized carbons (Fsp3) is 0.263. The molecule has 2 fully saturated rings. The zero-order valence-corrected chi connectivity index (χ0v) is 15.1. The van der Waals surface area contributed by atoms with Gasteiger partial charge in [-0.15, -0.1) is 0 Å². The smallest absolute Gasteiger partial charge is 0.323 e. The number of rotatable bonds is 3. The molecule has 2 N–H and O–H groups in total. The number of hydrogen-bond acceptors (Lipinski definition) is 4. The number of nitrogens with one attached hydrogen (secondary N) is 2. The summed E-state index contributed by atoms with van der Waals surface area (Å²) in [6.07, 6.45) is 4.63. The fourth-order valence-electron chi connectivity index (χ4n) is 3.61. The molecule has 1 aromatic heterocycles. The number of aromatic nitrogens is 1. The van der Waals surface area contributed by atoms with Crippen LogP contribution in [-0.2, 0) is 4.79 Å². The van der Waals surface area contributed by atoms with E-state index < -0.39 is 11.6 Å². The molecule has 0 unspecified atom stereocenters. The highest BCUT2D eigenvalue weighted by Gasteiger charge is 2.53. The summed E-state index contributed by atoms with van der Waals surface area (Å²) < 4.78 is 0. The van der Waals surface area contributed by atoms with Crippen LogP contribution in [-0.4, -0.2) is 28.4 Å². The molecule has 4 rings (SSSR count). The van der Waals surface area contributed by atoms with Crippen molar-refractivity contribution in [1.82, 2.24) is 10.3 Å². The molecule has 1 aliphatic heterocycles. The Morgan fingerprint density at radius 3 is 2.63 bits per heavy atom. The highest BCUT2D eigenvalue weighted by molar-refractivity contribution is 6.36. The summed E-state index contributed by atoms with van der Waals surface area (Å²) in [6.45, 7) is 0. The zero-order chi connectivity index (χ0) is 19.0. The van der Waals surface area contributed by atoms with E-state index >= 15 is 0 Å². The molecule has 7 nitrogen and oxygen atoms in total. The van der Waals surface area contributed by atoms with Gasteiger partial charge in [-0.3, -0.25) is 14.6 Å². The first-order valence-corrected chi connectivity index (χ1v) is 9.07. The van der Waals surface area contributed by atoms with Crippen LogP contribution in [0.15, 0.2) is 42.6 Å². The number of imide groups is 1. The summed E-state index contributed by atoms with van der Waals surface area (Å²) in [5, 5.41) is 5.72. The van der Waals surface area contributed by atoms with Crippen molar-refractivity contribution < 1.29 is 14.4 Å². The maximum Gasteiger partial charge on any atom is 0.329 e. The Kier molecular flexibility index (Phi) is 4.31. The number of carbonyl (C=O) groups is 3. The molecule has 1 aromatic carbocycles. The number of halogens is 1. The summed E-state index contributed by atoms with van der Waals surface area (Å²) in [7, 11) is 0. The van der Waals surface area contributed by atoms with E-state index in [0.717, 1.165) is 17.7 Å². The average molecular weight is 385 g/mol. The summed E-state index contributed by atoms with van der Waals surface area (Å²) in [6, 6.07) is 9.24. The van der Waals surface area contributed by atoms with E-state index in [4.69, 9.17) is 11.6 Å². The van der Waals surface area contributed by atoms with Gasteiger partial charge < -0.3 is 10.6 Å². The van der Waals surface area contributed by atoms with Crippen LogP contribution in [0.5, 0.6) is 0 Å². The fourth-order valence-corrected chi connectivity index (χ4v) is 3.88. The summed E-state index contributed by atoms with van der Waals surface area (Å²) in [5.41, 5.74) is 0.225. The summed E-state index contributed by atoms with van der Waals surface area (Å²) >= 11 is 6.32. The van der Waals surface area contributed by atoms with Gasteiger partial charge in [-0.2, -0.15) is 0 Å². The van der Waals surface area contributed by atoms with Gasteiger partial charge in [0, 0.05) is 11.9 Å². The van der Waals surface area contributed by atoms with Gasteiger partial charge in [0.25, 0.3) is 11.8 Å². The number of carbonyl (C=O) groups excluding carboxylic acids is 3. The van der Waals surface area contributed by atoms with Crippen LogP contribution in [0.1, 0.15) is 36.2 Å². The first kappa shape index (κ1) is 17.5. The lowest BCUT2D eigenvalue weighted by Crippen LogP contribution is -2.44. The van der Waals surface area contributed by atoms with Gasteiger partial charge in [0.1, 0.15) is 11.2 Å². The number of anilines is 2. The van der Waals surface area contributed by atoms with Crippen LogP contribution in [0.4, 0.5) is 16.2 Å². The largest absolute Gasteiger partial charge is 0.329 e. The SMILES string of the molecule is O=C(Nc1ccc(N2C(=O)NC3(CCCC3)C2=O)c(Cl)c1)c1ccccn1. The highest BCUT2D eigenvalue weighted by atomic mass is 35.5. The van der Waals surface area contributed by atoms with Crippen molar-refractivity contribution >= 4 is 40.8 Å². The molecule has 2 aliphatic rings. The van der Waals surface area contributed by atoms with Gasteiger partial charge in [-0.1, -0.05) is 30.5 Å². The average Bonchev–Trinajstić information content (AvgIpc) is 3.22. The monoisotopic (exact) mass is 384 g/mol. The van der Waals surface area contributed by atoms with Crippen molar-refractivity contribution in [3.63, 3.8) is 0 Å². The van der Waals surface area contributed by atoms with Gasteiger partial charge in [-0.25, -0.2) is 9.69 Å². The van der Waals surface area contributed by atoms with Crippen molar-refractivity contribution in [2.45, 2.75) is 31.2 Å². The Morgan fingerprint density at radius 2 is 1.96 bits per heavy atom. The molecule has 1 aliphatic carbocycles. The highest BCUT2D eigenvalue weighted by Crippen LogP contribution is 2.39. The third-order valence-electron chi connectivity index (χ3n) is 4.96. The molecule has 1 spiro atoms. The van der Waals surface area contributed by atoms with E-state index in [0.29, 0.717) is 24.2 Å². The van der Waals surface area contributed by atoms with Gasteiger partial charge >= 0.3 is 6.03 Å². The van der Waals surface area contributed by atoms with E-state index in [-0.39, 0.29) is 22.5 Å². The maximum atomic E-state index is 12.8. The minimum atomic E-state index is -0.799. The normalized spacial score (nSPS) is 18.0. The number of amides is 4. The third kappa shape index (κ3) is 3.04. The van der Waals surface area contributed by atoms with Crippen molar-refractivity contribution in [2.75, 3.05) is 10.2 Å². The standard InChI is InChI=1S/C19H17ClN4O3/c20-13-11-12(22-16(25)14-5-1-4-10-21-14)6-7-15(13)24-17(26)19(23-18(24)27)8-2-3-9-19/h1,4-7,10-11H,2-3,8-9H2,(H,22,25)(H,23,27). The Hall–Kier alpha value is -2.93. The lowest BCUT2D eigenvalue weighted by Gasteiger charge is -2.20. The first-order valence-electron chi connectivity index (χ1n) is 8.69. The Bertz CT molecular complexity index is 926. The Labute approximate surface area is 160 Å². The van der Waals surface area contributed by atoms with Crippen molar-refractivity contribution in [3.05, 3.63) is 53.3 Å². The lowest BCUT2D eigenvalue weighted by molar-refractivity contribution is -0.121. The maximum absolute atomic E-state index is 12.8. The van der Waals surface area contributed by atoms with Crippen LogP contribution in [0.3, 0.4) is 0 Å². The first-order chi connectivity index (χ1) is 13.0. The lowest BCUT2D eigenvalue weighted by atomic mass is 9.98. The van der Waals surface area contributed by atoms with Crippen molar-refractivity contribution in [2.24, 2.45) is 0 Å². The molecule has 0 bridgehead atoms. The molecule has 2 aromatic rings. The minimum Gasteiger partial charge on any atom is -0.323 e. The molecule has 8 heteroatoms. The predicted molar refractivity (Wildman–Crippen MR) is 101 cm³/mol. The summed E-state index contributed by atoms with van der Waals surface area (Å²) in [4.78, 5) is 42.5. The second kappa shape index (κ2) is 6.66. The van der Waals surface area contributed by atoms with Gasteiger partial charge in [0.2, 0.25) is 0 Å². The Morgan fingerprint density at radius 1 is 1.19 bits per heavy atom. The van der Waals surface area contributed by atoms with E-state index in [1.807, 2.05) is 0 Å². The van der Waals surface area contributed by atoms with Gasteiger partial charge in [0.15, 0.2) is 0 Å². The van der Waals surface area contributed by atoms with E-state index in [9.17, 15) is 14.4 Å². The van der Waals surface area contributed by atoms with Crippen molar-refractivity contribution in [3.8, 4) is 0 Å². The quantitative estimate of drug-likeness (QED) is 0.794.